The van der Waals surface area contributed by atoms with E-state index in [0.29, 0.717) is 27.0 Å². The number of carbonyl (C=O) groups is 1. The summed E-state index contributed by atoms with van der Waals surface area (Å²) in [7, 11) is -2.54. The average Bonchev–Trinajstić information content (AvgIpc) is 2.94. The highest BCUT2D eigenvalue weighted by atomic mass is 35.5. The predicted molar refractivity (Wildman–Crippen MR) is 99.6 cm³/mol. The maximum absolute atomic E-state index is 13.2. The number of nitrogens with one attached hydrogen (secondary N) is 1. The number of fused-ring (bicyclic) bond motifs is 1. The van der Waals surface area contributed by atoms with E-state index in [1.807, 2.05) is 0 Å². The normalized spacial score (nSPS) is 19.2. The third kappa shape index (κ3) is 3.15. The highest BCUT2D eigenvalue weighted by Gasteiger charge is 2.46. The Kier molecular flexibility index (Phi) is 4.57. The van der Waals surface area contributed by atoms with E-state index >= 15 is 0 Å². The summed E-state index contributed by atoms with van der Waals surface area (Å²) in [6.07, 6.45) is 0. The van der Waals surface area contributed by atoms with E-state index in [1.54, 1.807) is 36.4 Å². The van der Waals surface area contributed by atoms with Crippen LogP contribution in [0.15, 0.2) is 42.5 Å². The van der Waals surface area contributed by atoms with Crippen LogP contribution in [0.2, 0.25) is 10.0 Å². The van der Waals surface area contributed by atoms with E-state index in [4.69, 9.17) is 28.9 Å². The molecule has 1 heterocycles. The molecule has 2 unspecified atom stereocenters. The van der Waals surface area contributed by atoms with Crippen LogP contribution in [0.25, 0.3) is 0 Å². The first-order chi connectivity index (χ1) is 11.7. The summed E-state index contributed by atoms with van der Waals surface area (Å²) in [5.74, 6) is -0.759. The monoisotopic (exact) mass is 399 g/mol. The molecule has 6 nitrogen and oxygen atoms in total. The number of anilines is 2. The Balaban J connectivity index is 2.09. The van der Waals surface area contributed by atoms with Gasteiger partial charge >= 0.3 is 0 Å². The van der Waals surface area contributed by atoms with Gasteiger partial charge in [-0.1, -0.05) is 23.2 Å². The molecule has 0 aromatic heterocycles. The second-order valence-corrected chi connectivity index (χ2v) is 8.62. The molecule has 0 spiro atoms. The number of benzene rings is 2. The average molecular weight is 400 g/mol. The number of sulfonamides is 1. The number of primary amides is 1. The number of nitrogens with two attached hydrogens (primary N) is 1. The number of hydrogen-bond donors (Lipinski definition) is 2. The third-order valence-electron chi connectivity index (χ3n) is 4.13. The molecule has 2 aromatic rings. The van der Waals surface area contributed by atoms with Gasteiger partial charge in [0.2, 0.25) is 15.9 Å². The molecule has 25 heavy (non-hydrogen) atoms. The van der Waals surface area contributed by atoms with Crippen molar-refractivity contribution in [2.24, 2.45) is 5.73 Å². The second kappa shape index (κ2) is 6.40. The zero-order valence-electron chi connectivity index (χ0n) is 13.1. The summed E-state index contributed by atoms with van der Waals surface area (Å²) in [4.78, 5) is 11.8. The fourth-order valence-corrected chi connectivity index (χ4v) is 4.97. The fraction of sp³-hybridized carbons (Fsp3) is 0.188. The van der Waals surface area contributed by atoms with E-state index in [0.717, 1.165) is 4.31 Å². The van der Waals surface area contributed by atoms with E-state index in [2.05, 4.69) is 5.32 Å². The molecule has 9 heteroatoms. The molecule has 0 radical (unpaired) electrons. The van der Waals surface area contributed by atoms with Crippen LogP contribution in [0.1, 0.15) is 10.8 Å². The molecular formula is C16H15Cl2N3O3S. The third-order valence-corrected chi connectivity index (χ3v) is 6.76. The van der Waals surface area contributed by atoms with Crippen LogP contribution >= 0.6 is 23.2 Å². The summed E-state index contributed by atoms with van der Waals surface area (Å²) < 4.78 is 27.5. The molecule has 0 bridgehead atoms. The lowest BCUT2D eigenvalue weighted by molar-refractivity contribution is -0.118. The Morgan fingerprint density at radius 2 is 1.72 bits per heavy atom. The van der Waals surface area contributed by atoms with Crippen LogP contribution in [0.5, 0.6) is 0 Å². The number of nitrogens with zero attached hydrogens (tertiary/aromatic N) is 1. The van der Waals surface area contributed by atoms with Gasteiger partial charge in [0.25, 0.3) is 0 Å². The quantitative estimate of drug-likeness (QED) is 0.826. The van der Waals surface area contributed by atoms with Crippen LogP contribution in [0, 0.1) is 0 Å². The van der Waals surface area contributed by atoms with E-state index in [1.165, 1.54) is 13.1 Å². The Bertz CT molecular complexity index is 932. The lowest BCUT2D eigenvalue weighted by Crippen LogP contribution is -2.43. The zero-order valence-corrected chi connectivity index (χ0v) is 15.4. The minimum absolute atomic E-state index is 0.375. The van der Waals surface area contributed by atoms with E-state index < -0.39 is 27.2 Å². The molecule has 0 saturated carbocycles. The Morgan fingerprint density at radius 3 is 2.32 bits per heavy atom. The van der Waals surface area contributed by atoms with E-state index in [9.17, 15) is 13.2 Å². The molecule has 2 atom stereocenters. The van der Waals surface area contributed by atoms with Crippen molar-refractivity contribution in [1.82, 2.24) is 0 Å². The maximum atomic E-state index is 13.2. The van der Waals surface area contributed by atoms with Crippen LogP contribution in [-0.4, -0.2) is 27.4 Å². The SMILES string of the molecule is CN(c1ccc(Cl)cc1)S(=O)(=O)C1c2cc(Cl)ccc2NC1C(N)=O. The molecule has 0 saturated heterocycles. The molecule has 1 amide bonds. The first kappa shape index (κ1) is 17.8. The van der Waals surface area contributed by atoms with Crippen molar-refractivity contribution in [2.75, 3.05) is 16.7 Å². The van der Waals surface area contributed by atoms with Crippen LogP contribution < -0.4 is 15.4 Å². The molecule has 2 aromatic carbocycles. The first-order valence-corrected chi connectivity index (χ1v) is 9.56. The van der Waals surface area contributed by atoms with Crippen molar-refractivity contribution >= 4 is 50.5 Å². The number of rotatable bonds is 4. The molecule has 1 aliphatic rings. The van der Waals surface area contributed by atoms with Crippen LogP contribution in [0.4, 0.5) is 11.4 Å². The van der Waals surface area contributed by atoms with Gasteiger partial charge in [-0.25, -0.2) is 8.42 Å². The molecule has 0 aliphatic carbocycles. The van der Waals surface area contributed by atoms with Gasteiger partial charge in [-0.05, 0) is 48.0 Å². The predicted octanol–water partition coefficient (Wildman–Crippen LogP) is 2.78. The number of carbonyl (C=O) groups excluding carboxylic acids is 1. The smallest absolute Gasteiger partial charge is 0.244 e. The topological polar surface area (TPSA) is 92.5 Å². The molecule has 3 N–H and O–H groups in total. The highest BCUT2D eigenvalue weighted by molar-refractivity contribution is 7.93. The summed E-state index contributed by atoms with van der Waals surface area (Å²) in [6.45, 7) is 0. The largest absolute Gasteiger partial charge is 0.372 e. The lowest BCUT2D eigenvalue weighted by Gasteiger charge is -2.26. The van der Waals surface area contributed by atoms with Gasteiger partial charge in [-0.15, -0.1) is 0 Å². The van der Waals surface area contributed by atoms with Crippen LogP contribution in [-0.2, 0) is 14.8 Å². The van der Waals surface area contributed by atoms with Crippen molar-refractivity contribution in [1.29, 1.82) is 0 Å². The van der Waals surface area contributed by atoms with Gasteiger partial charge < -0.3 is 11.1 Å². The number of halogens is 2. The molecule has 3 rings (SSSR count). The van der Waals surface area contributed by atoms with Crippen molar-refractivity contribution in [3.8, 4) is 0 Å². The lowest BCUT2D eigenvalue weighted by atomic mass is 10.1. The summed E-state index contributed by atoms with van der Waals surface area (Å²) in [5.41, 5.74) is 6.78. The summed E-state index contributed by atoms with van der Waals surface area (Å²) in [6, 6.07) is 10.0. The van der Waals surface area contributed by atoms with Gasteiger partial charge in [-0.3, -0.25) is 9.10 Å². The first-order valence-electron chi connectivity index (χ1n) is 7.30. The standard InChI is InChI=1S/C16H15Cl2N3O3S/c1-21(11-5-2-9(17)3-6-11)25(23,24)15-12-8-10(18)4-7-13(12)20-14(15)16(19)22/h2-8,14-15,20H,1H3,(H2,19,22). The van der Waals surface area contributed by atoms with Gasteiger partial charge in [0.15, 0.2) is 0 Å². The molecule has 0 fully saturated rings. The van der Waals surface area contributed by atoms with Crippen molar-refractivity contribution in [3.05, 3.63) is 58.1 Å². The summed E-state index contributed by atoms with van der Waals surface area (Å²) >= 11 is 11.9. The number of amides is 1. The van der Waals surface area contributed by atoms with Gasteiger partial charge in [-0.2, -0.15) is 0 Å². The maximum Gasteiger partial charge on any atom is 0.244 e. The minimum Gasteiger partial charge on any atom is -0.372 e. The van der Waals surface area contributed by atoms with Gasteiger partial charge in [0.1, 0.15) is 11.3 Å². The van der Waals surface area contributed by atoms with Gasteiger partial charge in [0, 0.05) is 22.8 Å². The van der Waals surface area contributed by atoms with Crippen molar-refractivity contribution in [3.63, 3.8) is 0 Å². The van der Waals surface area contributed by atoms with Crippen molar-refractivity contribution < 1.29 is 13.2 Å². The summed E-state index contributed by atoms with van der Waals surface area (Å²) in [5, 5.41) is 2.56. The molecule has 1 aliphatic heterocycles. The molecular weight excluding hydrogens is 385 g/mol. The Morgan fingerprint density at radius 1 is 1.12 bits per heavy atom. The molecule has 132 valence electrons. The Hall–Kier alpha value is -1.96. The fourth-order valence-electron chi connectivity index (χ4n) is 2.84. The van der Waals surface area contributed by atoms with Gasteiger partial charge in [0.05, 0.1) is 5.69 Å². The number of hydrogen-bond acceptors (Lipinski definition) is 4. The zero-order chi connectivity index (χ0) is 18.4. The van der Waals surface area contributed by atoms with E-state index in [-0.39, 0.29) is 0 Å². The minimum atomic E-state index is -3.96. The van der Waals surface area contributed by atoms with Crippen LogP contribution in [0.3, 0.4) is 0 Å². The second-order valence-electron chi connectivity index (χ2n) is 5.67. The highest BCUT2D eigenvalue weighted by Crippen LogP contribution is 2.42. The Labute approximate surface area is 155 Å². The van der Waals surface area contributed by atoms with Crippen molar-refractivity contribution in [2.45, 2.75) is 11.3 Å².